The molecule has 0 radical (unpaired) electrons. The van der Waals surface area contributed by atoms with Crippen molar-refractivity contribution in [3.05, 3.63) is 0 Å². The number of hydrogen-bond donors (Lipinski definition) is 1. The van der Waals surface area contributed by atoms with Crippen molar-refractivity contribution in [3.63, 3.8) is 0 Å². The number of nitrogens with zero attached hydrogens (tertiary/aromatic N) is 1. The van der Waals surface area contributed by atoms with Gasteiger partial charge in [-0.3, -0.25) is 4.79 Å². The summed E-state index contributed by atoms with van der Waals surface area (Å²) in [6, 6.07) is 0. The molecule has 0 aromatic carbocycles. The Morgan fingerprint density at radius 2 is 2.00 bits per heavy atom. The van der Waals surface area contributed by atoms with E-state index >= 15 is 0 Å². The fourth-order valence-electron chi connectivity index (χ4n) is 2.89. The molecule has 1 N–H and O–H groups in total. The van der Waals surface area contributed by atoms with Crippen LogP contribution < -0.4 is 0 Å². The number of aliphatic carboxylic acids is 1. The van der Waals surface area contributed by atoms with Crippen molar-refractivity contribution >= 4 is 5.97 Å². The highest BCUT2D eigenvalue weighted by Gasteiger charge is 2.42. The van der Waals surface area contributed by atoms with Gasteiger partial charge in [-0.25, -0.2) is 0 Å². The van der Waals surface area contributed by atoms with E-state index < -0.39 is 11.4 Å². The van der Waals surface area contributed by atoms with Crippen LogP contribution in [0.3, 0.4) is 0 Å². The molecule has 0 bridgehead atoms. The molecule has 2 aliphatic carbocycles. The Hall–Kier alpha value is -0.570. The fourth-order valence-corrected chi connectivity index (χ4v) is 2.89. The van der Waals surface area contributed by atoms with Gasteiger partial charge < -0.3 is 10.0 Å². The quantitative estimate of drug-likeness (QED) is 0.754. The van der Waals surface area contributed by atoms with E-state index in [4.69, 9.17) is 0 Å². The lowest BCUT2D eigenvalue weighted by atomic mass is 9.85. The Labute approximate surface area is 97.8 Å². The van der Waals surface area contributed by atoms with Crippen LogP contribution in [0, 0.1) is 11.3 Å². The van der Waals surface area contributed by atoms with Gasteiger partial charge in [0.25, 0.3) is 0 Å². The van der Waals surface area contributed by atoms with E-state index in [0.29, 0.717) is 0 Å². The third-order valence-corrected chi connectivity index (χ3v) is 4.20. The first kappa shape index (κ1) is 11.9. The monoisotopic (exact) mass is 225 g/mol. The first-order valence-electron chi connectivity index (χ1n) is 6.62. The molecule has 0 aromatic rings. The van der Waals surface area contributed by atoms with Gasteiger partial charge in [-0.15, -0.1) is 0 Å². The second-order valence-corrected chi connectivity index (χ2v) is 5.56. The third kappa shape index (κ3) is 2.57. The van der Waals surface area contributed by atoms with Gasteiger partial charge in [-0.05, 0) is 38.1 Å². The topological polar surface area (TPSA) is 40.5 Å². The first-order valence-corrected chi connectivity index (χ1v) is 6.62. The van der Waals surface area contributed by atoms with Crippen LogP contribution in [-0.2, 0) is 4.79 Å². The van der Waals surface area contributed by atoms with Crippen LogP contribution in [0.1, 0.15) is 45.4 Å². The molecular weight excluding hydrogens is 202 g/mol. The zero-order valence-electron chi connectivity index (χ0n) is 10.2. The molecule has 16 heavy (non-hydrogen) atoms. The summed E-state index contributed by atoms with van der Waals surface area (Å²) in [5.74, 6) is 0.284. The molecule has 2 fully saturated rings. The van der Waals surface area contributed by atoms with Gasteiger partial charge in [0.2, 0.25) is 0 Å². The lowest BCUT2D eigenvalue weighted by Gasteiger charge is -2.31. The van der Waals surface area contributed by atoms with Crippen LogP contribution in [0.4, 0.5) is 0 Å². The Kier molecular flexibility index (Phi) is 3.53. The zero-order chi connectivity index (χ0) is 11.6. The summed E-state index contributed by atoms with van der Waals surface area (Å²) < 4.78 is 0. The standard InChI is InChI=1S/C13H23NO2/c1-2-14(9-11-5-6-11)10-13(12(15)16)7-3-4-8-13/h11H,2-10H2,1H3,(H,15,16). The van der Waals surface area contributed by atoms with Gasteiger partial charge in [0, 0.05) is 13.1 Å². The normalized spacial score (nSPS) is 23.9. The molecule has 0 spiro atoms. The van der Waals surface area contributed by atoms with E-state index in [1.807, 2.05) is 0 Å². The fraction of sp³-hybridized carbons (Fsp3) is 0.923. The highest BCUT2D eigenvalue weighted by molar-refractivity contribution is 5.75. The minimum absolute atomic E-state index is 0.426. The zero-order valence-corrected chi connectivity index (χ0v) is 10.2. The van der Waals surface area contributed by atoms with Crippen molar-refractivity contribution in [2.24, 2.45) is 11.3 Å². The number of hydrogen-bond acceptors (Lipinski definition) is 2. The summed E-state index contributed by atoms with van der Waals surface area (Å²) >= 11 is 0. The molecule has 0 unspecified atom stereocenters. The highest BCUT2D eigenvalue weighted by atomic mass is 16.4. The maximum atomic E-state index is 11.4. The van der Waals surface area contributed by atoms with Crippen molar-refractivity contribution in [1.82, 2.24) is 4.90 Å². The van der Waals surface area contributed by atoms with Gasteiger partial charge in [0.05, 0.1) is 5.41 Å². The van der Waals surface area contributed by atoms with Gasteiger partial charge in [0.15, 0.2) is 0 Å². The van der Waals surface area contributed by atoms with Crippen molar-refractivity contribution in [3.8, 4) is 0 Å². The minimum atomic E-state index is -0.570. The lowest BCUT2D eigenvalue weighted by molar-refractivity contribution is -0.149. The molecule has 92 valence electrons. The molecule has 0 amide bonds. The summed E-state index contributed by atoms with van der Waals surface area (Å²) in [5.41, 5.74) is -0.426. The number of carboxylic acids is 1. The molecular formula is C13H23NO2. The molecule has 0 saturated heterocycles. The Balaban J connectivity index is 1.94. The van der Waals surface area contributed by atoms with E-state index in [-0.39, 0.29) is 0 Å². The average Bonchev–Trinajstić information content (AvgIpc) is 2.93. The SMILES string of the molecule is CCN(CC1CC1)CC1(C(=O)O)CCCC1. The van der Waals surface area contributed by atoms with Crippen LogP contribution in [-0.4, -0.2) is 35.6 Å². The van der Waals surface area contributed by atoms with Gasteiger partial charge in [0.1, 0.15) is 0 Å². The van der Waals surface area contributed by atoms with Gasteiger partial charge in [-0.1, -0.05) is 19.8 Å². The Morgan fingerprint density at radius 3 is 2.44 bits per heavy atom. The van der Waals surface area contributed by atoms with Crippen LogP contribution in [0.25, 0.3) is 0 Å². The molecule has 2 saturated carbocycles. The largest absolute Gasteiger partial charge is 0.481 e. The van der Waals surface area contributed by atoms with E-state index in [2.05, 4.69) is 11.8 Å². The smallest absolute Gasteiger partial charge is 0.310 e. The van der Waals surface area contributed by atoms with Crippen LogP contribution in [0.15, 0.2) is 0 Å². The van der Waals surface area contributed by atoms with Gasteiger partial charge >= 0.3 is 5.97 Å². The van der Waals surface area contributed by atoms with E-state index in [1.54, 1.807) is 0 Å². The number of rotatable bonds is 6. The molecule has 2 rings (SSSR count). The summed E-state index contributed by atoms with van der Waals surface area (Å²) in [4.78, 5) is 13.8. The first-order chi connectivity index (χ1) is 7.66. The van der Waals surface area contributed by atoms with Crippen molar-refractivity contribution in [2.45, 2.75) is 45.4 Å². The predicted octanol–water partition coefficient (Wildman–Crippen LogP) is 2.36. The predicted molar refractivity (Wildman–Crippen MR) is 63.4 cm³/mol. The number of carbonyl (C=O) groups is 1. The maximum Gasteiger partial charge on any atom is 0.310 e. The van der Waals surface area contributed by atoms with Crippen LogP contribution >= 0.6 is 0 Å². The average molecular weight is 225 g/mol. The van der Waals surface area contributed by atoms with Crippen molar-refractivity contribution in [1.29, 1.82) is 0 Å². The lowest BCUT2D eigenvalue weighted by Crippen LogP contribution is -2.42. The maximum absolute atomic E-state index is 11.4. The molecule has 3 nitrogen and oxygen atoms in total. The second-order valence-electron chi connectivity index (χ2n) is 5.56. The van der Waals surface area contributed by atoms with Gasteiger partial charge in [-0.2, -0.15) is 0 Å². The summed E-state index contributed by atoms with van der Waals surface area (Å²) in [6.07, 6.45) is 6.63. The minimum Gasteiger partial charge on any atom is -0.481 e. The summed E-state index contributed by atoms with van der Waals surface area (Å²) in [5, 5.41) is 9.43. The molecule has 2 aliphatic rings. The number of carboxylic acid groups (broad SMARTS) is 1. The Bertz CT molecular complexity index is 255. The van der Waals surface area contributed by atoms with E-state index in [1.165, 1.54) is 12.8 Å². The molecule has 3 heteroatoms. The molecule has 0 atom stereocenters. The Morgan fingerprint density at radius 1 is 1.38 bits per heavy atom. The van der Waals surface area contributed by atoms with E-state index in [0.717, 1.165) is 51.2 Å². The van der Waals surface area contributed by atoms with Crippen molar-refractivity contribution in [2.75, 3.05) is 19.6 Å². The van der Waals surface area contributed by atoms with Crippen LogP contribution in [0.5, 0.6) is 0 Å². The summed E-state index contributed by atoms with van der Waals surface area (Å²) in [6.45, 7) is 5.03. The third-order valence-electron chi connectivity index (χ3n) is 4.20. The molecule has 0 aliphatic heterocycles. The second kappa shape index (κ2) is 4.74. The summed E-state index contributed by atoms with van der Waals surface area (Å²) in [7, 11) is 0. The van der Waals surface area contributed by atoms with Crippen molar-refractivity contribution < 1.29 is 9.90 Å². The molecule has 0 heterocycles. The molecule has 0 aromatic heterocycles. The van der Waals surface area contributed by atoms with E-state index in [9.17, 15) is 9.90 Å². The highest BCUT2D eigenvalue weighted by Crippen LogP contribution is 2.40. The van der Waals surface area contributed by atoms with Crippen LogP contribution in [0.2, 0.25) is 0 Å².